The number of ketones is 1. The second-order valence-electron chi connectivity index (χ2n) is 6.95. The normalized spacial score (nSPS) is 18.7. The zero-order valence-corrected chi connectivity index (χ0v) is 16.0. The molecule has 3 atom stereocenters. The number of esters is 1. The minimum absolute atomic E-state index is 0.0316. The van der Waals surface area contributed by atoms with Crippen molar-refractivity contribution in [3.63, 3.8) is 0 Å². The average molecular weight is 392 g/mol. The summed E-state index contributed by atoms with van der Waals surface area (Å²) >= 11 is 0. The lowest BCUT2D eigenvalue weighted by Crippen LogP contribution is -2.55. The molecule has 1 aromatic rings. The molecule has 0 spiro atoms. The standard InChI is InChI=1S/C20H25FN2O5/c1-12(24)22-17(11-13-6-3-4-9-16(13)21)19(26)23-18(20(27)28-2)14-7-5-8-15(25)10-14/h3-4,6,9,14,17-18H,5,7-8,10-11H2,1-2H3,(H,22,24)(H,23,26)/t14-,17-,18+/m1/s1. The molecule has 0 aromatic heterocycles. The number of benzene rings is 1. The maximum atomic E-state index is 14.0. The highest BCUT2D eigenvalue weighted by atomic mass is 19.1. The van der Waals surface area contributed by atoms with E-state index in [2.05, 4.69) is 10.6 Å². The van der Waals surface area contributed by atoms with Gasteiger partial charge in [0, 0.05) is 26.2 Å². The van der Waals surface area contributed by atoms with E-state index in [1.165, 1.54) is 32.2 Å². The second kappa shape index (κ2) is 9.96. The Hall–Kier alpha value is -2.77. The fourth-order valence-corrected chi connectivity index (χ4v) is 3.43. The van der Waals surface area contributed by atoms with Crippen molar-refractivity contribution in [2.24, 2.45) is 5.92 Å². The van der Waals surface area contributed by atoms with Crippen molar-refractivity contribution < 1.29 is 28.3 Å². The second-order valence-corrected chi connectivity index (χ2v) is 6.95. The highest BCUT2D eigenvalue weighted by Crippen LogP contribution is 2.25. The van der Waals surface area contributed by atoms with Crippen LogP contribution in [0.2, 0.25) is 0 Å². The topological polar surface area (TPSA) is 102 Å². The zero-order valence-electron chi connectivity index (χ0n) is 16.0. The molecule has 7 nitrogen and oxygen atoms in total. The Morgan fingerprint density at radius 1 is 1.25 bits per heavy atom. The number of Topliss-reactive ketones (excluding diaryl/α,β-unsaturated/α-hetero) is 1. The highest BCUT2D eigenvalue weighted by Gasteiger charge is 2.35. The van der Waals surface area contributed by atoms with Crippen molar-refractivity contribution in [3.05, 3.63) is 35.6 Å². The smallest absolute Gasteiger partial charge is 0.328 e. The Kier molecular flexibility index (Phi) is 7.66. The number of ether oxygens (including phenoxy) is 1. The molecule has 1 saturated carbocycles. The third-order valence-corrected chi connectivity index (χ3v) is 4.82. The Balaban J connectivity index is 2.18. The minimum atomic E-state index is -1.07. The molecule has 0 heterocycles. The van der Waals surface area contributed by atoms with Crippen LogP contribution in [0.15, 0.2) is 24.3 Å². The van der Waals surface area contributed by atoms with Gasteiger partial charge in [-0.25, -0.2) is 9.18 Å². The van der Waals surface area contributed by atoms with E-state index in [0.29, 0.717) is 19.3 Å². The lowest BCUT2D eigenvalue weighted by atomic mass is 9.83. The third kappa shape index (κ3) is 5.87. The molecule has 1 fully saturated rings. The van der Waals surface area contributed by atoms with E-state index < -0.39 is 35.7 Å². The molecular weight excluding hydrogens is 367 g/mol. The average Bonchev–Trinajstić information content (AvgIpc) is 2.66. The van der Waals surface area contributed by atoms with Crippen LogP contribution in [-0.2, 0) is 30.3 Å². The van der Waals surface area contributed by atoms with Crippen LogP contribution in [0.1, 0.15) is 38.2 Å². The molecule has 2 amide bonds. The molecule has 2 rings (SSSR count). The van der Waals surface area contributed by atoms with Crippen molar-refractivity contribution in [1.82, 2.24) is 10.6 Å². The Labute approximate surface area is 163 Å². The van der Waals surface area contributed by atoms with E-state index in [9.17, 15) is 23.6 Å². The maximum Gasteiger partial charge on any atom is 0.328 e. The Morgan fingerprint density at radius 2 is 1.96 bits per heavy atom. The van der Waals surface area contributed by atoms with Gasteiger partial charge in [0.15, 0.2) is 0 Å². The number of halogens is 1. The summed E-state index contributed by atoms with van der Waals surface area (Å²) in [5.74, 6) is -2.58. The van der Waals surface area contributed by atoms with Crippen LogP contribution in [0, 0.1) is 11.7 Å². The minimum Gasteiger partial charge on any atom is -0.467 e. The largest absolute Gasteiger partial charge is 0.467 e. The molecule has 2 N–H and O–H groups in total. The first-order valence-corrected chi connectivity index (χ1v) is 9.22. The molecule has 1 aliphatic carbocycles. The van der Waals surface area contributed by atoms with Crippen LogP contribution in [-0.4, -0.2) is 42.8 Å². The molecule has 0 unspecified atom stereocenters. The molecule has 1 aliphatic rings. The van der Waals surface area contributed by atoms with Crippen molar-refractivity contribution in [2.45, 2.75) is 51.1 Å². The van der Waals surface area contributed by atoms with E-state index in [1.54, 1.807) is 6.07 Å². The number of hydrogen-bond donors (Lipinski definition) is 2. The summed E-state index contributed by atoms with van der Waals surface area (Å²) < 4.78 is 18.8. The molecule has 0 bridgehead atoms. The summed E-state index contributed by atoms with van der Waals surface area (Å²) in [7, 11) is 1.21. The van der Waals surface area contributed by atoms with Crippen LogP contribution in [0.5, 0.6) is 0 Å². The summed E-state index contributed by atoms with van der Waals surface area (Å²) in [6.45, 7) is 1.25. The van der Waals surface area contributed by atoms with Gasteiger partial charge in [-0.1, -0.05) is 18.2 Å². The first-order valence-electron chi connectivity index (χ1n) is 9.22. The number of rotatable bonds is 7. The van der Waals surface area contributed by atoms with Gasteiger partial charge < -0.3 is 15.4 Å². The zero-order chi connectivity index (χ0) is 20.7. The van der Waals surface area contributed by atoms with Gasteiger partial charge in [-0.2, -0.15) is 0 Å². The van der Waals surface area contributed by atoms with Crippen molar-refractivity contribution in [2.75, 3.05) is 7.11 Å². The first-order chi connectivity index (χ1) is 13.3. The summed E-state index contributed by atoms with van der Waals surface area (Å²) in [5.41, 5.74) is 0.263. The fraction of sp³-hybridized carbons (Fsp3) is 0.500. The lowest BCUT2D eigenvalue weighted by Gasteiger charge is -2.29. The van der Waals surface area contributed by atoms with Gasteiger partial charge in [-0.3, -0.25) is 14.4 Å². The fourth-order valence-electron chi connectivity index (χ4n) is 3.43. The third-order valence-electron chi connectivity index (χ3n) is 4.82. The van der Waals surface area contributed by atoms with Crippen LogP contribution in [0.3, 0.4) is 0 Å². The van der Waals surface area contributed by atoms with E-state index in [1.807, 2.05) is 0 Å². The van der Waals surface area contributed by atoms with E-state index >= 15 is 0 Å². The number of nitrogens with one attached hydrogen (secondary N) is 2. The monoisotopic (exact) mass is 392 g/mol. The molecule has 0 saturated heterocycles. The van der Waals surface area contributed by atoms with Gasteiger partial charge >= 0.3 is 5.97 Å². The van der Waals surface area contributed by atoms with E-state index in [0.717, 1.165) is 0 Å². The van der Waals surface area contributed by atoms with E-state index in [4.69, 9.17) is 4.74 Å². The van der Waals surface area contributed by atoms with Crippen LogP contribution in [0.4, 0.5) is 4.39 Å². The number of hydrogen-bond acceptors (Lipinski definition) is 5. The van der Waals surface area contributed by atoms with Gasteiger partial charge in [0.2, 0.25) is 11.8 Å². The predicted octanol–water partition coefficient (Wildman–Crippen LogP) is 1.29. The maximum absolute atomic E-state index is 14.0. The van der Waals surface area contributed by atoms with Crippen LogP contribution in [0.25, 0.3) is 0 Å². The SMILES string of the molecule is COC(=O)[C@@H](NC(=O)[C@@H](Cc1ccccc1F)NC(C)=O)[C@@H]1CCCC(=O)C1. The van der Waals surface area contributed by atoms with Gasteiger partial charge in [0.25, 0.3) is 0 Å². The van der Waals surface area contributed by atoms with Crippen molar-refractivity contribution in [1.29, 1.82) is 0 Å². The predicted molar refractivity (Wildman–Crippen MR) is 98.6 cm³/mol. The molecular formula is C20H25FN2O5. The van der Waals surface area contributed by atoms with Gasteiger partial charge in [0.05, 0.1) is 7.11 Å². The number of carbonyl (C=O) groups is 4. The lowest BCUT2D eigenvalue weighted by molar-refractivity contribution is -0.147. The Morgan fingerprint density at radius 3 is 2.57 bits per heavy atom. The highest BCUT2D eigenvalue weighted by molar-refractivity contribution is 5.91. The van der Waals surface area contributed by atoms with Crippen molar-refractivity contribution in [3.8, 4) is 0 Å². The molecule has 28 heavy (non-hydrogen) atoms. The first kappa shape index (κ1) is 21.5. The van der Waals surface area contributed by atoms with Crippen LogP contribution >= 0.6 is 0 Å². The van der Waals surface area contributed by atoms with Crippen molar-refractivity contribution >= 4 is 23.6 Å². The Bertz CT molecular complexity index is 752. The summed E-state index contributed by atoms with van der Waals surface area (Å²) in [6, 6.07) is 3.88. The van der Waals surface area contributed by atoms with E-state index in [-0.39, 0.29) is 30.1 Å². The molecule has 8 heteroatoms. The van der Waals surface area contributed by atoms with Crippen LogP contribution < -0.4 is 10.6 Å². The molecule has 152 valence electrons. The van der Waals surface area contributed by atoms with Gasteiger partial charge in [-0.05, 0) is 30.4 Å². The summed E-state index contributed by atoms with van der Waals surface area (Å²) in [5, 5.41) is 5.09. The van der Waals surface area contributed by atoms with Gasteiger partial charge in [-0.15, -0.1) is 0 Å². The molecule has 0 aliphatic heterocycles. The molecule has 0 radical (unpaired) electrons. The number of carbonyl (C=O) groups excluding carboxylic acids is 4. The summed E-state index contributed by atoms with van der Waals surface area (Å²) in [4.78, 5) is 48.3. The number of methoxy groups -OCH3 is 1. The number of amides is 2. The molecule has 1 aromatic carbocycles. The summed E-state index contributed by atoms with van der Waals surface area (Å²) in [6.07, 6.45) is 1.80. The quantitative estimate of drug-likeness (QED) is 0.681. The van der Waals surface area contributed by atoms with Gasteiger partial charge in [0.1, 0.15) is 23.7 Å².